The molecule has 1 N–H and O–H groups in total. The van der Waals surface area contributed by atoms with E-state index in [-0.39, 0.29) is 0 Å². The quantitative estimate of drug-likeness (QED) is 0.398. The van der Waals surface area contributed by atoms with Crippen LogP contribution in [-0.4, -0.2) is 11.1 Å². The molecule has 0 aromatic carbocycles. The van der Waals surface area contributed by atoms with Gasteiger partial charge in [0.2, 0.25) is 0 Å². The Morgan fingerprint density at radius 1 is 0.750 bits per heavy atom. The van der Waals surface area contributed by atoms with Crippen molar-refractivity contribution in [1.82, 2.24) is 0 Å². The Kier molecular flexibility index (Phi) is 22.6. The van der Waals surface area contributed by atoms with Gasteiger partial charge in [-0.1, -0.05) is 97.8 Å². The number of carboxylic acids is 1. The Bertz CT molecular complexity index is 172. The van der Waals surface area contributed by atoms with E-state index >= 15 is 0 Å². The second-order valence-electron chi connectivity index (χ2n) is 5.53. The molecule has 0 spiro atoms. The van der Waals surface area contributed by atoms with Crippen LogP contribution in [0.15, 0.2) is 0 Å². The summed E-state index contributed by atoms with van der Waals surface area (Å²) in [6, 6.07) is 0. The molecule has 0 fully saturated rings. The Labute approximate surface area is 127 Å². The summed E-state index contributed by atoms with van der Waals surface area (Å²) in [5, 5.41) is 8.35. The van der Waals surface area contributed by atoms with Crippen molar-refractivity contribution in [3.63, 3.8) is 0 Å². The molecule has 0 amide bonds. The first-order valence-corrected chi connectivity index (χ1v) is 8.70. The van der Waals surface area contributed by atoms with Crippen LogP contribution >= 0.6 is 0 Å². The molecule has 0 aliphatic carbocycles. The first kappa shape index (κ1) is 21.8. The third kappa shape index (κ3) is 26.1. The molecule has 0 saturated heterocycles. The van der Waals surface area contributed by atoms with Crippen molar-refractivity contribution >= 4 is 5.97 Å². The van der Waals surface area contributed by atoms with Crippen LogP contribution in [0.1, 0.15) is 104 Å². The number of hydrogen-bond acceptors (Lipinski definition) is 1. The predicted molar refractivity (Wildman–Crippen MR) is 89.0 cm³/mol. The maximum absolute atomic E-state index is 10.1. The second-order valence-corrected chi connectivity index (χ2v) is 5.53. The molecule has 121 valence electrons. The summed E-state index contributed by atoms with van der Waals surface area (Å²) >= 11 is 0. The van der Waals surface area contributed by atoms with E-state index in [0.717, 1.165) is 19.3 Å². The number of aliphatic carboxylic acids is 1. The molecule has 0 aliphatic heterocycles. The van der Waals surface area contributed by atoms with Gasteiger partial charge in [-0.25, -0.2) is 0 Å². The Hall–Kier alpha value is -0.530. The second kappa shape index (κ2) is 20.8. The fraction of sp³-hybridized carbons (Fsp3) is 0.889. The van der Waals surface area contributed by atoms with Crippen molar-refractivity contribution in [2.45, 2.75) is 104 Å². The van der Waals surface area contributed by atoms with Gasteiger partial charge in [-0.2, -0.15) is 0 Å². The van der Waals surface area contributed by atoms with Gasteiger partial charge in [0.25, 0.3) is 0 Å². The lowest BCUT2D eigenvalue weighted by Gasteiger charge is -1.98. The van der Waals surface area contributed by atoms with E-state index in [1.54, 1.807) is 0 Å². The van der Waals surface area contributed by atoms with Crippen LogP contribution in [0.5, 0.6) is 0 Å². The van der Waals surface area contributed by atoms with Crippen molar-refractivity contribution in [1.29, 1.82) is 0 Å². The summed E-state index contributed by atoms with van der Waals surface area (Å²) in [4.78, 5) is 10.1. The Morgan fingerprint density at radius 2 is 1.15 bits per heavy atom. The van der Waals surface area contributed by atoms with Crippen LogP contribution in [0.25, 0.3) is 0 Å². The highest BCUT2D eigenvalue weighted by Gasteiger charge is 1.95. The molecule has 20 heavy (non-hydrogen) atoms. The molecule has 0 aromatic heterocycles. The van der Waals surface area contributed by atoms with Crippen molar-refractivity contribution in [3.05, 3.63) is 6.92 Å². The van der Waals surface area contributed by atoms with E-state index in [1.165, 1.54) is 64.2 Å². The maximum Gasteiger partial charge on any atom is 0.303 e. The first-order valence-electron chi connectivity index (χ1n) is 8.70. The van der Waals surface area contributed by atoms with Crippen molar-refractivity contribution < 1.29 is 9.90 Å². The molecule has 2 heteroatoms. The van der Waals surface area contributed by atoms with Crippen LogP contribution < -0.4 is 0 Å². The minimum atomic E-state index is -0.663. The van der Waals surface area contributed by atoms with E-state index in [1.807, 2.05) is 0 Å². The lowest BCUT2D eigenvalue weighted by atomic mass is 10.1. The van der Waals surface area contributed by atoms with Gasteiger partial charge in [0.05, 0.1) is 0 Å². The molecule has 0 atom stereocenters. The molecule has 1 radical (unpaired) electrons. The summed E-state index contributed by atoms with van der Waals surface area (Å²) in [5.74, 6) is -0.663. The highest BCUT2D eigenvalue weighted by atomic mass is 16.4. The lowest BCUT2D eigenvalue weighted by Crippen LogP contribution is -1.93. The summed E-state index contributed by atoms with van der Waals surface area (Å²) in [6.07, 6.45) is 16.6. The van der Waals surface area contributed by atoms with E-state index in [2.05, 4.69) is 20.8 Å². The molecular weight excluding hydrogens is 248 g/mol. The molecule has 0 bridgehead atoms. The third-order valence-electron chi connectivity index (χ3n) is 3.35. The van der Waals surface area contributed by atoms with Crippen molar-refractivity contribution in [2.75, 3.05) is 0 Å². The molecule has 2 nitrogen and oxygen atoms in total. The fourth-order valence-electron chi connectivity index (χ4n) is 2.01. The minimum absolute atomic E-state index is 0.341. The van der Waals surface area contributed by atoms with Crippen LogP contribution in [0.3, 0.4) is 0 Å². The number of rotatable bonds is 13. The van der Waals surface area contributed by atoms with Gasteiger partial charge in [-0.05, 0) is 6.42 Å². The van der Waals surface area contributed by atoms with Crippen LogP contribution in [0, 0.1) is 6.92 Å². The third-order valence-corrected chi connectivity index (χ3v) is 3.35. The number of unbranched alkanes of at least 4 members (excludes halogenated alkanes) is 11. The van der Waals surface area contributed by atoms with E-state index in [0.29, 0.717) is 6.42 Å². The molecule has 0 aliphatic rings. The monoisotopic (exact) mass is 285 g/mol. The number of carbonyl (C=O) groups is 1. The summed E-state index contributed by atoms with van der Waals surface area (Å²) < 4.78 is 0. The van der Waals surface area contributed by atoms with Crippen molar-refractivity contribution in [3.8, 4) is 0 Å². The molecule has 0 aromatic rings. The van der Waals surface area contributed by atoms with E-state index < -0.39 is 5.97 Å². The van der Waals surface area contributed by atoms with Crippen LogP contribution in [0.2, 0.25) is 0 Å². The van der Waals surface area contributed by atoms with Gasteiger partial charge in [0.15, 0.2) is 0 Å². The molecule has 0 rings (SSSR count). The average molecular weight is 285 g/mol. The zero-order valence-electron chi connectivity index (χ0n) is 14.0. The van der Waals surface area contributed by atoms with Gasteiger partial charge >= 0.3 is 5.97 Å². The lowest BCUT2D eigenvalue weighted by molar-refractivity contribution is -0.137. The fourth-order valence-corrected chi connectivity index (χ4v) is 2.01. The maximum atomic E-state index is 10.1. The van der Waals surface area contributed by atoms with Gasteiger partial charge in [-0.15, -0.1) is 0 Å². The van der Waals surface area contributed by atoms with E-state index in [9.17, 15) is 4.79 Å². The van der Waals surface area contributed by atoms with Gasteiger partial charge in [0.1, 0.15) is 0 Å². The normalized spacial score (nSPS) is 9.95. The van der Waals surface area contributed by atoms with Gasteiger partial charge in [-0.3, -0.25) is 4.79 Å². The Morgan fingerprint density at radius 3 is 1.55 bits per heavy atom. The summed E-state index contributed by atoms with van der Waals surface area (Å²) in [6.45, 7) is 8.22. The molecule has 0 saturated carbocycles. The van der Waals surface area contributed by atoms with Gasteiger partial charge in [0, 0.05) is 6.42 Å². The minimum Gasteiger partial charge on any atom is -0.481 e. The highest BCUT2D eigenvalue weighted by Crippen LogP contribution is 2.08. The topological polar surface area (TPSA) is 37.3 Å². The van der Waals surface area contributed by atoms with Crippen LogP contribution in [0.4, 0.5) is 0 Å². The first-order chi connectivity index (χ1) is 9.68. The predicted octanol–water partition coefficient (Wildman–Crippen LogP) is 6.39. The average Bonchev–Trinajstić information content (AvgIpc) is 2.43. The van der Waals surface area contributed by atoms with Crippen molar-refractivity contribution in [2.24, 2.45) is 0 Å². The molecule has 0 unspecified atom stereocenters. The smallest absolute Gasteiger partial charge is 0.303 e. The number of hydrogen-bond donors (Lipinski definition) is 1. The van der Waals surface area contributed by atoms with Gasteiger partial charge < -0.3 is 5.11 Å². The molecule has 0 heterocycles. The van der Waals surface area contributed by atoms with Crippen LogP contribution in [-0.2, 0) is 4.79 Å². The Balaban J connectivity index is 0. The zero-order chi connectivity index (χ0) is 15.5. The standard InChI is InChI=1S/C10H20O2.C8H17/c1-2-3-4-5-6-7-8-9-10(11)12;1-3-5-7-8-6-4-2/h2-9H2,1H3,(H,11,12);1,3-8H2,2H3. The largest absolute Gasteiger partial charge is 0.481 e. The summed E-state index contributed by atoms with van der Waals surface area (Å²) in [5.41, 5.74) is 0. The molecular formula is C18H37O2. The number of carboxylic acid groups (broad SMARTS) is 1. The highest BCUT2D eigenvalue weighted by molar-refractivity contribution is 5.66. The zero-order valence-corrected chi connectivity index (χ0v) is 14.0. The summed E-state index contributed by atoms with van der Waals surface area (Å²) in [7, 11) is 0. The van der Waals surface area contributed by atoms with E-state index in [4.69, 9.17) is 5.11 Å². The SMILES string of the molecule is CCCCCCCCCC(=O)O.[CH2]CCCCCCC.